The maximum absolute atomic E-state index is 10.7. The summed E-state index contributed by atoms with van der Waals surface area (Å²) in [6.07, 6.45) is -0.414. The number of fused-ring (bicyclic) bond motifs is 1. The van der Waals surface area contributed by atoms with Crippen molar-refractivity contribution in [1.29, 1.82) is 0 Å². The lowest BCUT2D eigenvalue weighted by Gasteiger charge is -2.21. The van der Waals surface area contributed by atoms with E-state index in [-0.39, 0.29) is 6.10 Å². The molecule has 2 unspecified atom stereocenters. The van der Waals surface area contributed by atoms with Crippen LogP contribution in [0, 0.1) is 0 Å². The van der Waals surface area contributed by atoms with Crippen LogP contribution in [0.3, 0.4) is 0 Å². The molecule has 4 heteroatoms. The zero-order chi connectivity index (χ0) is 14.8. The molecule has 0 bridgehead atoms. The number of rotatable bonds is 4. The molecule has 0 amide bonds. The summed E-state index contributed by atoms with van der Waals surface area (Å²) in [7, 11) is 3.18. The minimum Gasteiger partial charge on any atom is -0.497 e. The van der Waals surface area contributed by atoms with Crippen molar-refractivity contribution < 1.29 is 19.3 Å². The first-order valence-corrected chi connectivity index (χ1v) is 6.87. The van der Waals surface area contributed by atoms with Crippen LogP contribution >= 0.6 is 0 Å². The van der Waals surface area contributed by atoms with Crippen LogP contribution in [-0.2, 0) is 6.42 Å². The third-order valence-electron chi connectivity index (χ3n) is 3.78. The second-order valence-electron chi connectivity index (χ2n) is 5.02. The van der Waals surface area contributed by atoms with Gasteiger partial charge in [0.15, 0.2) is 0 Å². The molecule has 1 aliphatic heterocycles. The number of aliphatic hydroxyl groups excluding tert-OH is 1. The van der Waals surface area contributed by atoms with Crippen LogP contribution in [0.15, 0.2) is 42.5 Å². The van der Waals surface area contributed by atoms with E-state index in [2.05, 4.69) is 0 Å². The lowest BCUT2D eigenvalue weighted by atomic mass is 9.99. The first kappa shape index (κ1) is 13.8. The normalized spacial score (nSPS) is 17.8. The Morgan fingerprint density at radius 2 is 1.95 bits per heavy atom. The average Bonchev–Trinajstić information content (AvgIpc) is 2.97. The smallest absolute Gasteiger partial charge is 0.133 e. The van der Waals surface area contributed by atoms with Gasteiger partial charge in [0.25, 0.3) is 0 Å². The van der Waals surface area contributed by atoms with E-state index in [0.29, 0.717) is 23.5 Å². The van der Waals surface area contributed by atoms with Gasteiger partial charge in [-0.1, -0.05) is 18.2 Å². The highest BCUT2D eigenvalue weighted by molar-refractivity contribution is 5.44. The largest absolute Gasteiger partial charge is 0.497 e. The quantitative estimate of drug-likeness (QED) is 0.939. The number of methoxy groups -OCH3 is 2. The molecule has 4 nitrogen and oxygen atoms in total. The summed E-state index contributed by atoms with van der Waals surface area (Å²) in [5, 5.41) is 10.7. The third-order valence-corrected chi connectivity index (χ3v) is 3.78. The number of hydrogen-bond donors (Lipinski definition) is 1. The van der Waals surface area contributed by atoms with E-state index in [1.165, 1.54) is 0 Å². The zero-order valence-corrected chi connectivity index (χ0v) is 12.1. The summed E-state index contributed by atoms with van der Waals surface area (Å²) in [5.74, 6) is 2.15. The molecule has 2 aromatic rings. The summed E-state index contributed by atoms with van der Waals surface area (Å²) < 4.78 is 16.4. The van der Waals surface area contributed by atoms with E-state index in [9.17, 15) is 5.11 Å². The van der Waals surface area contributed by atoms with Crippen molar-refractivity contribution in [1.82, 2.24) is 0 Å². The predicted octanol–water partition coefficient (Wildman–Crippen LogP) is 2.74. The van der Waals surface area contributed by atoms with Crippen molar-refractivity contribution in [3.05, 3.63) is 53.6 Å². The van der Waals surface area contributed by atoms with Crippen LogP contribution in [0.2, 0.25) is 0 Å². The number of ether oxygens (including phenoxy) is 3. The first-order valence-electron chi connectivity index (χ1n) is 6.87. The van der Waals surface area contributed by atoms with Crippen LogP contribution < -0.4 is 14.2 Å². The highest BCUT2D eigenvalue weighted by atomic mass is 16.5. The fourth-order valence-corrected chi connectivity index (χ4v) is 2.66. The molecule has 0 spiro atoms. The Morgan fingerprint density at radius 1 is 1.14 bits per heavy atom. The average molecular weight is 286 g/mol. The molecule has 110 valence electrons. The van der Waals surface area contributed by atoms with E-state index in [1.54, 1.807) is 32.4 Å². The fourth-order valence-electron chi connectivity index (χ4n) is 2.66. The fraction of sp³-hybridized carbons (Fsp3) is 0.294. The Hall–Kier alpha value is -2.20. The highest BCUT2D eigenvalue weighted by Crippen LogP contribution is 2.37. The van der Waals surface area contributed by atoms with Gasteiger partial charge in [-0.3, -0.25) is 0 Å². The molecule has 2 atom stereocenters. The summed E-state index contributed by atoms with van der Waals surface area (Å²) in [6.45, 7) is 0. The van der Waals surface area contributed by atoms with E-state index >= 15 is 0 Å². The number of hydrogen-bond acceptors (Lipinski definition) is 4. The van der Waals surface area contributed by atoms with Gasteiger partial charge >= 0.3 is 0 Å². The molecular formula is C17H18O4. The van der Waals surface area contributed by atoms with Gasteiger partial charge in [0, 0.05) is 12.0 Å². The number of para-hydroxylation sites is 1. The van der Waals surface area contributed by atoms with Gasteiger partial charge in [-0.15, -0.1) is 0 Å². The lowest BCUT2D eigenvalue weighted by Crippen LogP contribution is -2.23. The molecule has 0 saturated heterocycles. The summed E-state index contributed by atoms with van der Waals surface area (Å²) in [4.78, 5) is 0. The molecular weight excluding hydrogens is 268 g/mol. The van der Waals surface area contributed by atoms with Crippen LogP contribution in [0.4, 0.5) is 0 Å². The van der Waals surface area contributed by atoms with Gasteiger partial charge in [0.2, 0.25) is 0 Å². The maximum Gasteiger partial charge on any atom is 0.133 e. The van der Waals surface area contributed by atoms with Crippen molar-refractivity contribution in [2.24, 2.45) is 0 Å². The molecule has 1 aliphatic rings. The number of benzene rings is 2. The van der Waals surface area contributed by atoms with E-state index < -0.39 is 6.10 Å². The molecule has 2 aromatic carbocycles. The molecule has 1 heterocycles. The van der Waals surface area contributed by atoms with Gasteiger partial charge < -0.3 is 19.3 Å². The molecule has 21 heavy (non-hydrogen) atoms. The summed E-state index contributed by atoms with van der Waals surface area (Å²) >= 11 is 0. The van der Waals surface area contributed by atoms with Crippen LogP contribution in [0.25, 0.3) is 0 Å². The second-order valence-corrected chi connectivity index (χ2v) is 5.02. The SMILES string of the molecule is COc1ccc(OC)c(C(O)C2Cc3ccccc3O2)c1. The predicted molar refractivity (Wildman–Crippen MR) is 79.1 cm³/mol. The van der Waals surface area contributed by atoms with E-state index in [4.69, 9.17) is 14.2 Å². The Bertz CT molecular complexity index is 613. The van der Waals surface area contributed by atoms with Crippen molar-refractivity contribution in [2.75, 3.05) is 14.2 Å². The minimum absolute atomic E-state index is 0.316. The maximum atomic E-state index is 10.7. The van der Waals surface area contributed by atoms with Crippen molar-refractivity contribution in [3.8, 4) is 17.2 Å². The topological polar surface area (TPSA) is 47.9 Å². The minimum atomic E-state index is -0.776. The summed E-state index contributed by atoms with van der Waals surface area (Å²) in [6, 6.07) is 13.2. The van der Waals surface area contributed by atoms with Crippen molar-refractivity contribution in [2.45, 2.75) is 18.6 Å². The van der Waals surface area contributed by atoms with E-state index in [0.717, 1.165) is 11.3 Å². The second kappa shape index (κ2) is 5.66. The molecule has 0 saturated carbocycles. The zero-order valence-electron chi connectivity index (χ0n) is 12.1. The van der Waals surface area contributed by atoms with E-state index in [1.807, 2.05) is 24.3 Å². The molecule has 0 aliphatic carbocycles. The lowest BCUT2D eigenvalue weighted by molar-refractivity contribution is 0.0473. The van der Waals surface area contributed by atoms with Crippen molar-refractivity contribution in [3.63, 3.8) is 0 Å². The van der Waals surface area contributed by atoms with Crippen molar-refractivity contribution >= 4 is 0 Å². The molecule has 3 rings (SSSR count). The van der Waals surface area contributed by atoms with Gasteiger partial charge in [-0.05, 0) is 29.8 Å². The van der Waals surface area contributed by atoms with Gasteiger partial charge in [-0.2, -0.15) is 0 Å². The van der Waals surface area contributed by atoms with Gasteiger partial charge in [-0.25, -0.2) is 0 Å². The Kier molecular flexibility index (Phi) is 3.71. The third kappa shape index (κ3) is 2.54. The molecule has 0 aromatic heterocycles. The summed E-state index contributed by atoms with van der Waals surface area (Å²) in [5.41, 5.74) is 1.79. The standard InChI is InChI=1S/C17H18O4/c1-19-12-7-8-15(20-2)13(10-12)17(18)16-9-11-5-3-4-6-14(11)21-16/h3-8,10,16-18H,9H2,1-2H3. The van der Waals surface area contributed by atoms with Crippen LogP contribution in [0.1, 0.15) is 17.2 Å². The van der Waals surface area contributed by atoms with Gasteiger partial charge in [0.1, 0.15) is 29.5 Å². The molecule has 0 radical (unpaired) electrons. The molecule has 1 N–H and O–H groups in total. The monoisotopic (exact) mass is 286 g/mol. The first-order chi connectivity index (χ1) is 10.2. The van der Waals surface area contributed by atoms with Gasteiger partial charge in [0.05, 0.1) is 14.2 Å². The highest BCUT2D eigenvalue weighted by Gasteiger charge is 2.31. The number of aliphatic hydroxyl groups is 1. The van der Waals surface area contributed by atoms with Crippen LogP contribution in [0.5, 0.6) is 17.2 Å². The molecule has 0 fully saturated rings. The Morgan fingerprint density at radius 3 is 2.67 bits per heavy atom. The Labute approximate surface area is 123 Å². The van der Waals surface area contributed by atoms with Crippen LogP contribution in [-0.4, -0.2) is 25.4 Å². The Balaban J connectivity index is 1.88.